The molecule has 0 saturated carbocycles. The third kappa shape index (κ3) is 2.07. The Bertz CT molecular complexity index is 275. The molecule has 1 radical (unpaired) electrons. The molecular weight excluding hydrogens is 174 g/mol. The fourth-order valence-electron chi connectivity index (χ4n) is 1.96. The van der Waals surface area contributed by atoms with Crippen LogP contribution >= 0.6 is 0 Å². The summed E-state index contributed by atoms with van der Waals surface area (Å²) in [5.41, 5.74) is 1.43. The van der Waals surface area contributed by atoms with Gasteiger partial charge in [-0.15, -0.1) is 0 Å². The van der Waals surface area contributed by atoms with Crippen LogP contribution in [-0.4, -0.2) is 20.2 Å². The van der Waals surface area contributed by atoms with Crippen molar-refractivity contribution in [3.8, 4) is 5.75 Å². The first-order valence-corrected chi connectivity index (χ1v) is 5.17. The molecular formula is C12H16NO. The summed E-state index contributed by atoms with van der Waals surface area (Å²) in [5, 5.41) is 4.36. The number of piperidine rings is 1. The summed E-state index contributed by atoms with van der Waals surface area (Å²) in [6.45, 7) is 2.05. The normalized spacial score (nSPS) is 18.1. The lowest BCUT2D eigenvalue weighted by atomic mass is 9.90. The Morgan fingerprint density at radius 2 is 1.79 bits per heavy atom. The van der Waals surface area contributed by atoms with Crippen LogP contribution in [0, 0.1) is 0 Å². The van der Waals surface area contributed by atoms with Crippen LogP contribution in [0.15, 0.2) is 24.3 Å². The van der Waals surface area contributed by atoms with Crippen LogP contribution in [-0.2, 0) is 0 Å². The lowest BCUT2D eigenvalue weighted by Gasteiger charge is -2.21. The molecule has 0 bridgehead atoms. The second-order valence-corrected chi connectivity index (χ2v) is 3.72. The number of hydrogen-bond donors (Lipinski definition) is 0. The lowest BCUT2D eigenvalue weighted by Crippen LogP contribution is -2.20. The molecule has 1 aliphatic rings. The van der Waals surface area contributed by atoms with Gasteiger partial charge in [-0.3, -0.25) is 0 Å². The molecule has 14 heavy (non-hydrogen) atoms. The van der Waals surface area contributed by atoms with Crippen LogP contribution in [0.1, 0.15) is 24.3 Å². The minimum atomic E-state index is 0.707. The highest BCUT2D eigenvalue weighted by atomic mass is 16.5. The maximum Gasteiger partial charge on any atom is 0.118 e. The van der Waals surface area contributed by atoms with Gasteiger partial charge in [-0.25, -0.2) is 5.32 Å². The zero-order valence-electron chi connectivity index (χ0n) is 8.57. The SMILES string of the molecule is COc1ccc(C2CC[N]CC2)cc1. The first-order chi connectivity index (χ1) is 6.90. The fourth-order valence-corrected chi connectivity index (χ4v) is 1.96. The molecule has 1 aromatic carbocycles. The molecule has 2 rings (SSSR count). The van der Waals surface area contributed by atoms with Gasteiger partial charge < -0.3 is 4.74 Å². The Morgan fingerprint density at radius 1 is 1.14 bits per heavy atom. The Kier molecular flexibility index (Phi) is 3.04. The van der Waals surface area contributed by atoms with Gasteiger partial charge in [0.2, 0.25) is 0 Å². The zero-order chi connectivity index (χ0) is 9.80. The Hall–Kier alpha value is -1.02. The minimum Gasteiger partial charge on any atom is -0.497 e. The van der Waals surface area contributed by atoms with Crippen LogP contribution in [0.5, 0.6) is 5.75 Å². The summed E-state index contributed by atoms with van der Waals surface area (Å²) < 4.78 is 5.14. The van der Waals surface area contributed by atoms with E-state index in [1.807, 2.05) is 12.1 Å². The topological polar surface area (TPSA) is 23.3 Å². The van der Waals surface area contributed by atoms with Gasteiger partial charge in [-0.2, -0.15) is 0 Å². The van der Waals surface area contributed by atoms with Gasteiger partial charge in [0, 0.05) is 13.1 Å². The van der Waals surface area contributed by atoms with Crippen molar-refractivity contribution in [2.24, 2.45) is 0 Å². The number of hydrogen-bond acceptors (Lipinski definition) is 1. The van der Waals surface area contributed by atoms with Crippen LogP contribution in [0.25, 0.3) is 0 Å². The van der Waals surface area contributed by atoms with Gasteiger partial charge >= 0.3 is 0 Å². The van der Waals surface area contributed by atoms with E-state index in [4.69, 9.17) is 4.74 Å². The minimum absolute atomic E-state index is 0.707. The predicted octanol–water partition coefficient (Wildman–Crippen LogP) is 2.18. The second-order valence-electron chi connectivity index (χ2n) is 3.72. The molecule has 0 unspecified atom stereocenters. The van der Waals surface area contributed by atoms with Gasteiger partial charge in [-0.05, 0) is 36.5 Å². The second kappa shape index (κ2) is 4.47. The third-order valence-corrected chi connectivity index (χ3v) is 2.86. The smallest absolute Gasteiger partial charge is 0.118 e. The highest BCUT2D eigenvalue weighted by Gasteiger charge is 2.15. The quantitative estimate of drug-likeness (QED) is 0.701. The average Bonchev–Trinajstić information content (AvgIpc) is 2.30. The van der Waals surface area contributed by atoms with Crippen molar-refractivity contribution in [3.63, 3.8) is 0 Å². The maximum atomic E-state index is 5.14. The third-order valence-electron chi connectivity index (χ3n) is 2.86. The standard InChI is InChI=1S/C12H16NO/c1-14-12-4-2-10(3-5-12)11-6-8-13-9-7-11/h2-5,11H,6-9H2,1H3. The molecule has 0 atom stereocenters. The molecule has 1 aliphatic heterocycles. The summed E-state index contributed by atoms with van der Waals surface area (Å²) in [6.07, 6.45) is 2.40. The number of ether oxygens (including phenoxy) is 1. The van der Waals surface area contributed by atoms with Gasteiger partial charge in [0.05, 0.1) is 7.11 Å². The molecule has 0 amide bonds. The van der Waals surface area contributed by atoms with E-state index < -0.39 is 0 Å². The highest BCUT2D eigenvalue weighted by molar-refractivity contribution is 5.29. The van der Waals surface area contributed by atoms with E-state index in [0.29, 0.717) is 5.92 Å². The molecule has 0 aliphatic carbocycles. The zero-order valence-corrected chi connectivity index (χ0v) is 8.57. The molecule has 1 aromatic rings. The van der Waals surface area contributed by atoms with Crippen molar-refractivity contribution in [3.05, 3.63) is 29.8 Å². The molecule has 1 saturated heterocycles. The van der Waals surface area contributed by atoms with Gasteiger partial charge in [0.15, 0.2) is 0 Å². The van der Waals surface area contributed by atoms with Crippen molar-refractivity contribution in [1.82, 2.24) is 5.32 Å². The fraction of sp³-hybridized carbons (Fsp3) is 0.500. The van der Waals surface area contributed by atoms with Crippen molar-refractivity contribution in [2.75, 3.05) is 20.2 Å². The summed E-state index contributed by atoms with van der Waals surface area (Å²) in [4.78, 5) is 0. The van der Waals surface area contributed by atoms with Gasteiger partial charge in [0.1, 0.15) is 5.75 Å². The van der Waals surface area contributed by atoms with E-state index in [2.05, 4.69) is 17.4 Å². The summed E-state index contributed by atoms with van der Waals surface area (Å²) in [5.74, 6) is 1.65. The summed E-state index contributed by atoms with van der Waals surface area (Å²) in [6, 6.07) is 8.44. The average molecular weight is 190 g/mol. The van der Waals surface area contributed by atoms with Crippen LogP contribution in [0.2, 0.25) is 0 Å². The van der Waals surface area contributed by atoms with E-state index in [0.717, 1.165) is 18.8 Å². The molecule has 1 fully saturated rings. The number of rotatable bonds is 2. The molecule has 0 aromatic heterocycles. The number of nitrogens with zero attached hydrogens (tertiary/aromatic N) is 1. The predicted molar refractivity (Wildman–Crippen MR) is 56.8 cm³/mol. The molecule has 2 heteroatoms. The molecule has 0 spiro atoms. The van der Waals surface area contributed by atoms with E-state index in [1.54, 1.807) is 7.11 Å². The van der Waals surface area contributed by atoms with Crippen molar-refractivity contribution < 1.29 is 4.74 Å². The van der Waals surface area contributed by atoms with Crippen molar-refractivity contribution >= 4 is 0 Å². The molecule has 1 heterocycles. The molecule has 75 valence electrons. The largest absolute Gasteiger partial charge is 0.497 e. The van der Waals surface area contributed by atoms with E-state index >= 15 is 0 Å². The highest BCUT2D eigenvalue weighted by Crippen LogP contribution is 2.26. The van der Waals surface area contributed by atoms with E-state index in [-0.39, 0.29) is 0 Å². The van der Waals surface area contributed by atoms with Crippen molar-refractivity contribution in [1.29, 1.82) is 0 Å². The van der Waals surface area contributed by atoms with E-state index in [1.165, 1.54) is 18.4 Å². The van der Waals surface area contributed by atoms with Crippen LogP contribution in [0.3, 0.4) is 0 Å². The first kappa shape index (κ1) is 9.53. The Labute approximate surface area is 85.3 Å². The number of benzene rings is 1. The Balaban J connectivity index is 2.07. The first-order valence-electron chi connectivity index (χ1n) is 5.17. The number of methoxy groups -OCH3 is 1. The maximum absolute atomic E-state index is 5.14. The Morgan fingerprint density at radius 3 is 2.36 bits per heavy atom. The molecule has 2 nitrogen and oxygen atoms in total. The van der Waals surface area contributed by atoms with E-state index in [9.17, 15) is 0 Å². The van der Waals surface area contributed by atoms with Crippen molar-refractivity contribution in [2.45, 2.75) is 18.8 Å². The lowest BCUT2D eigenvalue weighted by molar-refractivity contribution is 0.413. The monoisotopic (exact) mass is 190 g/mol. The molecule has 0 N–H and O–H groups in total. The summed E-state index contributed by atoms with van der Waals surface area (Å²) in [7, 11) is 1.70. The summed E-state index contributed by atoms with van der Waals surface area (Å²) >= 11 is 0. The van der Waals surface area contributed by atoms with Crippen LogP contribution in [0.4, 0.5) is 0 Å². The van der Waals surface area contributed by atoms with Crippen LogP contribution < -0.4 is 10.1 Å². The van der Waals surface area contributed by atoms with Gasteiger partial charge in [-0.1, -0.05) is 12.1 Å². The van der Waals surface area contributed by atoms with Gasteiger partial charge in [0.25, 0.3) is 0 Å².